The molecule has 1 aromatic rings. The number of hydrogen-bond acceptors (Lipinski definition) is 4. The molecule has 1 unspecified atom stereocenters. The first-order valence-corrected chi connectivity index (χ1v) is 5.63. The van der Waals surface area contributed by atoms with Crippen LogP contribution in [0.25, 0.3) is 0 Å². The molecule has 0 radical (unpaired) electrons. The lowest BCUT2D eigenvalue weighted by Crippen LogP contribution is -2.50. The summed E-state index contributed by atoms with van der Waals surface area (Å²) in [5.74, 6) is -2.08. The van der Waals surface area contributed by atoms with Crippen LogP contribution < -0.4 is 5.73 Å². The molecular formula is C12H15FN2O3. The van der Waals surface area contributed by atoms with Crippen molar-refractivity contribution in [3.05, 3.63) is 29.6 Å². The van der Waals surface area contributed by atoms with Crippen molar-refractivity contribution in [2.75, 3.05) is 13.1 Å². The number of carbonyl (C=O) groups is 1. The van der Waals surface area contributed by atoms with Gasteiger partial charge in [0.1, 0.15) is 5.54 Å². The highest BCUT2D eigenvalue weighted by molar-refractivity contribution is 5.79. The van der Waals surface area contributed by atoms with Crippen molar-refractivity contribution in [3.63, 3.8) is 0 Å². The molecule has 4 N–H and O–H groups in total. The van der Waals surface area contributed by atoms with E-state index in [0.29, 0.717) is 25.1 Å². The van der Waals surface area contributed by atoms with E-state index in [-0.39, 0.29) is 12.3 Å². The third-order valence-electron chi connectivity index (χ3n) is 3.22. The summed E-state index contributed by atoms with van der Waals surface area (Å²) < 4.78 is 13.1. The van der Waals surface area contributed by atoms with E-state index in [1.54, 1.807) is 6.07 Å². The van der Waals surface area contributed by atoms with E-state index < -0.39 is 17.3 Å². The van der Waals surface area contributed by atoms with Gasteiger partial charge in [-0.3, -0.25) is 9.69 Å². The van der Waals surface area contributed by atoms with Crippen molar-refractivity contribution in [1.29, 1.82) is 0 Å². The number of nitrogens with zero attached hydrogens (tertiary/aromatic N) is 1. The zero-order valence-electron chi connectivity index (χ0n) is 9.77. The predicted octanol–water partition coefficient (Wildman–Crippen LogP) is 0.519. The molecule has 0 bridgehead atoms. The Balaban J connectivity index is 2.03. The number of carboxylic acid groups (broad SMARTS) is 1. The normalized spacial score (nSPS) is 24.3. The minimum Gasteiger partial charge on any atom is -0.505 e. The van der Waals surface area contributed by atoms with Crippen molar-refractivity contribution in [2.24, 2.45) is 5.73 Å². The number of benzene rings is 1. The summed E-state index contributed by atoms with van der Waals surface area (Å²) in [6.45, 7) is 1.22. The highest BCUT2D eigenvalue weighted by Crippen LogP contribution is 2.23. The number of nitrogens with two attached hydrogens (primary N) is 1. The Bertz CT molecular complexity index is 480. The van der Waals surface area contributed by atoms with Crippen LogP contribution >= 0.6 is 0 Å². The number of carboxylic acids is 1. The van der Waals surface area contributed by atoms with Gasteiger partial charge in [0.05, 0.1) is 0 Å². The lowest BCUT2D eigenvalue weighted by Gasteiger charge is -2.20. The molecule has 2 rings (SSSR count). The molecule has 98 valence electrons. The van der Waals surface area contributed by atoms with E-state index in [0.717, 1.165) is 0 Å². The second-order valence-electron chi connectivity index (χ2n) is 4.71. The van der Waals surface area contributed by atoms with Crippen LogP contribution in [-0.2, 0) is 11.3 Å². The van der Waals surface area contributed by atoms with Gasteiger partial charge in [0.15, 0.2) is 11.6 Å². The van der Waals surface area contributed by atoms with Crippen LogP contribution in [0.4, 0.5) is 4.39 Å². The van der Waals surface area contributed by atoms with Crippen molar-refractivity contribution in [1.82, 2.24) is 4.90 Å². The highest BCUT2D eigenvalue weighted by Gasteiger charge is 2.41. The van der Waals surface area contributed by atoms with Crippen LogP contribution in [0.15, 0.2) is 18.2 Å². The summed E-state index contributed by atoms with van der Waals surface area (Å²) in [6.07, 6.45) is 0.378. The maximum absolute atomic E-state index is 13.1. The van der Waals surface area contributed by atoms with Crippen molar-refractivity contribution in [3.8, 4) is 5.75 Å². The smallest absolute Gasteiger partial charge is 0.325 e. The van der Waals surface area contributed by atoms with Gasteiger partial charge in [-0.25, -0.2) is 4.39 Å². The lowest BCUT2D eigenvalue weighted by molar-refractivity contribution is -0.142. The van der Waals surface area contributed by atoms with E-state index >= 15 is 0 Å². The summed E-state index contributed by atoms with van der Waals surface area (Å²) in [7, 11) is 0. The van der Waals surface area contributed by atoms with Gasteiger partial charge in [-0.05, 0) is 24.1 Å². The van der Waals surface area contributed by atoms with Gasteiger partial charge >= 0.3 is 5.97 Å². The number of rotatable bonds is 3. The molecule has 1 fully saturated rings. The largest absolute Gasteiger partial charge is 0.505 e. The molecule has 1 aliphatic heterocycles. The second-order valence-corrected chi connectivity index (χ2v) is 4.71. The fraction of sp³-hybridized carbons (Fsp3) is 0.417. The van der Waals surface area contributed by atoms with E-state index in [1.807, 2.05) is 4.90 Å². The minimum atomic E-state index is -1.21. The Morgan fingerprint density at radius 1 is 1.56 bits per heavy atom. The van der Waals surface area contributed by atoms with Crippen LogP contribution in [0.5, 0.6) is 5.75 Å². The van der Waals surface area contributed by atoms with E-state index in [1.165, 1.54) is 12.1 Å². The van der Waals surface area contributed by atoms with E-state index in [4.69, 9.17) is 15.9 Å². The van der Waals surface area contributed by atoms with Crippen LogP contribution in [0, 0.1) is 5.82 Å². The number of likely N-dealkylation sites (tertiary alicyclic amines) is 1. The Hall–Kier alpha value is -1.66. The van der Waals surface area contributed by atoms with Gasteiger partial charge in [-0.2, -0.15) is 0 Å². The molecule has 5 nitrogen and oxygen atoms in total. The summed E-state index contributed by atoms with van der Waals surface area (Å²) in [6, 6.07) is 4.13. The number of phenols is 1. The zero-order valence-corrected chi connectivity index (χ0v) is 9.77. The molecule has 1 atom stereocenters. The fourth-order valence-electron chi connectivity index (χ4n) is 2.13. The minimum absolute atomic E-state index is 0.241. The maximum Gasteiger partial charge on any atom is 0.325 e. The van der Waals surface area contributed by atoms with Gasteiger partial charge in [0.25, 0.3) is 0 Å². The summed E-state index contributed by atoms with van der Waals surface area (Å²) in [4.78, 5) is 12.8. The molecule has 0 amide bonds. The second kappa shape index (κ2) is 4.55. The van der Waals surface area contributed by atoms with E-state index in [9.17, 15) is 9.18 Å². The topological polar surface area (TPSA) is 86.8 Å². The Morgan fingerprint density at radius 3 is 2.83 bits per heavy atom. The highest BCUT2D eigenvalue weighted by atomic mass is 19.1. The molecule has 1 saturated heterocycles. The SMILES string of the molecule is NC1(C(=O)O)CCN(Cc2ccc(O)c(F)c2)C1. The van der Waals surface area contributed by atoms with E-state index in [2.05, 4.69) is 0 Å². The summed E-state index contributed by atoms with van der Waals surface area (Å²) >= 11 is 0. The Kier molecular flexibility index (Phi) is 3.23. The third-order valence-corrected chi connectivity index (χ3v) is 3.22. The first-order valence-electron chi connectivity index (χ1n) is 5.63. The molecule has 1 aromatic carbocycles. The van der Waals surface area contributed by atoms with Crippen LogP contribution in [0.3, 0.4) is 0 Å². The van der Waals surface area contributed by atoms with Crippen LogP contribution in [-0.4, -0.2) is 39.7 Å². The third kappa shape index (κ3) is 2.44. The quantitative estimate of drug-likeness (QED) is 0.732. The number of phenolic OH excluding ortho intramolecular Hbond substituents is 1. The van der Waals surface area contributed by atoms with Gasteiger partial charge in [0, 0.05) is 19.6 Å². The van der Waals surface area contributed by atoms with Gasteiger partial charge < -0.3 is 15.9 Å². The number of halogens is 1. The zero-order chi connectivity index (χ0) is 13.3. The molecule has 1 heterocycles. The number of aliphatic carboxylic acids is 1. The van der Waals surface area contributed by atoms with Gasteiger partial charge in [-0.15, -0.1) is 0 Å². The molecule has 0 aliphatic carbocycles. The summed E-state index contributed by atoms with van der Waals surface area (Å²) in [5, 5.41) is 18.1. The molecule has 18 heavy (non-hydrogen) atoms. The Morgan fingerprint density at radius 2 is 2.28 bits per heavy atom. The van der Waals surface area contributed by atoms with Crippen molar-refractivity contribution >= 4 is 5.97 Å². The first-order chi connectivity index (χ1) is 8.40. The Labute approximate surface area is 104 Å². The molecule has 1 aliphatic rings. The molecule has 0 spiro atoms. The maximum atomic E-state index is 13.1. The van der Waals surface area contributed by atoms with Crippen molar-refractivity contribution in [2.45, 2.75) is 18.5 Å². The van der Waals surface area contributed by atoms with Gasteiger partial charge in [-0.1, -0.05) is 6.07 Å². The average molecular weight is 254 g/mol. The lowest BCUT2D eigenvalue weighted by atomic mass is 10.0. The molecule has 0 saturated carbocycles. The van der Waals surface area contributed by atoms with Crippen molar-refractivity contribution < 1.29 is 19.4 Å². The first kappa shape index (κ1) is 12.8. The number of hydrogen-bond donors (Lipinski definition) is 3. The predicted molar refractivity (Wildman–Crippen MR) is 62.5 cm³/mol. The monoisotopic (exact) mass is 254 g/mol. The van der Waals surface area contributed by atoms with Gasteiger partial charge in [0.2, 0.25) is 0 Å². The van der Waals surface area contributed by atoms with Crippen LogP contribution in [0.2, 0.25) is 0 Å². The standard InChI is InChI=1S/C12H15FN2O3/c13-9-5-8(1-2-10(9)16)6-15-4-3-12(14,7-15)11(17)18/h1-2,5,16H,3-4,6-7,14H2,(H,17,18). The van der Waals surface area contributed by atoms with Crippen LogP contribution in [0.1, 0.15) is 12.0 Å². The fourth-order valence-corrected chi connectivity index (χ4v) is 2.13. The molecule has 6 heteroatoms. The number of aromatic hydroxyl groups is 1. The molecule has 0 aromatic heterocycles. The summed E-state index contributed by atoms with van der Waals surface area (Å²) in [5.41, 5.74) is 5.21. The average Bonchev–Trinajstić information content (AvgIpc) is 2.67. The molecular weight excluding hydrogens is 239 g/mol.